The predicted octanol–water partition coefficient (Wildman–Crippen LogP) is 0.781. The predicted molar refractivity (Wildman–Crippen MR) is 69.3 cm³/mol. The molecule has 0 aromatic carbocycles. The van der Waals surface area contributed by atoms with Gasteiger partial charge in [0.25, 0.3) is 0 Å². The number of esters is 1. The van der Waals surface area contributed by atoms with E-state index in [-0.39, 0.29) is 20.0 Å². The Hall–Kier alpha value is -1.74. The van der Waals surface area contributed by atoms with Crippen molar-refractivity contribution in [2.45, 2.75) is 38.4 Å². The number of carbonyl (C=O) groups is 2. The molecular weight excluding hydrogens is 250 g/mol. The Balaban J connectivity index is 4.71. The molecule has 1 amide bonds. The number of amides is 1. The molecule has 0 bridgehead atoms. The van der Waals surface area contributed by atoms with E-state index in [0.717, 1.165) is 12.0 Å². The first kappa shape index (κ1) is 15.3. The molecule has 0 saturated heterocycles. The fourth-order valence-corrected chi connectivity index (χ4v) is 1.12. The van der Waals surface area contributed by atoms with Gasteiger partial charge in [-0.2, -0.15) is 0 Å². The third kappa shape index (κ3) is 5.62. The minimum absolute atomic E-state index is 0.103. The van der Waals surface area contributed by atoms with Gasteiger partial charge in [0.2, 0.25) is 5.60 Å². The van der Waals surface area contributed by atoms with Crippen molar-refractivity contribution in [3.8, 4) is 12.3 Å². The standard InChI is InChI=1S/C13H21NO5/c1-7-13(17,10(15)18-6)8-9-14(5)11(16)19-12(2,3)4/h1,17H,8-9H2,2-6H3/i5D. The van der Waals surface area contributed by atoms with E-state index in [0.29, 0.717) is 0 Å². The maximum Gasteiger partial charge on any atom is 0.410 e. The van der Waals surface area contributed by atoms with Crippen LogP contribution in [0.1, 0.15) is 28.6 Å². The summed E-state index contributed by atoms with van der Waals surface area (Å²) >= 11 is 0. The van der Waals surface area contributed by atoms with Crippen molar-refractivity contribution in [1.29, 1.82) is 0 Å². The Morgan fingerprint density at radius 1 is 1.47 bits per heavy atom. The molecule has 0 aliphatic rings. The zero-order valence-electron chi connectivity index (χ0n) is 12.7. The lowest BCUT2D eigenvalue weighted by Crippen LogP contribution is -2.43. The van der Waals surface area contributed by atoms with Crippen LogP contribution < -0.4 is 0 Å². The average molecular weight is 272 g/mol. The highest BCUT2D eigenvalue weighted by Crippen LogP contribution is 2.14. The summed E-state index contributed by atoms with van der Waals surface area (Å²) < 4.78 is 16.8. The van der Waals surface area contributed by atoms with Gasteiger partial charge in [-0.05, 0) is 20.8 Å². The van der Waals surface area contributed by atoms with Gasteiger partial charge in [-0.15, -0.1) is 6.42 Å². The fourth-order valence-electron chi connectivity index (χ4n) is 1.12. The van der Waals surface area contributed by atoms with E-state index in [4.69, 9.17) is 12.5 Å². The molecule has 0 spiro atoms. The lowest BCUT2D eigenvalue weighted by molar-refractivity contribution is -0.157. The number of nitrogens with zero attached hydrogens (tertiary/aromatic N) is 1. The van der Waals surface area contributed by atoms with Crippen LogP contribution in [0.2, 0.25) is 0 Å². The second-order valence-corrected chi connectivity index (χ2v) is 4.99. The number of aliphatic hydroxyl groups is 1. The van der Waals surface area contributed by atoms with Gasteiger partial charge in [0.15, 0.2) is 0 Å². The van der Waals surface area contributed by atoms with Crippen molar-refractivity contribution >= 4 is 12.1 Å². The minimum atomic E-state index is -2.12. The van der Waals surface area contributed by atoms with Crippen molar-refractivity contribution in [3.63, 3.8) is 0 Å². The largest absolute Gasteiger partial charge is 0.466 e. The monoisotopic (exact) mass is 272 g/mol. The topological polar surface area (TPSA) is 76.1 Å². The van der Waals surface area contributed by atoms with E-state index in [1.54, 1.807) is 20.8 Å². The highest BCUT2D eigenvalue weighted by molar-refractivity contribution is 5.83. The molecule has 6 heteroatoms. The van der Waals surface area contributed by atoms with Gasteiger partial charge in [0, 0.05) is 21.4 Å². The maximum atomic E-state index is 11.8. The van der Waals surface area contributed by atoms with Gasteiger partial charge >= 0.3 is 12.1 Å². The van der Waals surface area contributed by atoms with Crippen LogP contribution in [0, 0.1) is 12.3 Å². The highest BCUT2D eigenvalue weighted by atomic mass is 16.6. The van der Waals surface area contributed by atoms with E-state index >= 15 is 0 Å². The smallest absolute Gasteiger partial charge is 0.410 e. The first-order valence-electron chi connectivity index (χ1n) is 6.36. The Labute approximate surface area is 115 Å². The number of methoxy groups -OCH3 is 1. The van der Waals surface area contributed by atoms with E-state index in [1.165, 1.54) is 0 Å². The summed E-state index contributed by atoms with van der Waals surface area (Å²) in [6.45, 7) is 4.98. The van der Waals surface area contributed by atoms with Gasteiger partial charge in [-0.3, -0.25) is 0 Å². The van der Waals surface area contributed by atoms with Crippen LogP contribution in [0.3, 0.4) is 0 Å². The normalized spacial score (nSPS) is 14.6. The van der Waals surface area contributed by atoms with Crippen LogP contribution in [0.15, 0.2) is 0 Å². The number of rotatable bonds is 4. The Kier molecular flexibility index (Phi) is 5.19. The first-order valence-corrected chi connectivity index (χ1v) is 5.65. The van der Waals surface area contributed by atoms with Crippen LogP contribution in [0.25, 0.3) is 0 Å². The number of hydrogen-bond donors (Lipinski definition) is 1. The van der Waals surface area contributed by atoms with Crippen molar-refractivity contribution in [2.24, 2.45) is 0 Å². The molecule has 0 aliphatic heterocycles. The molecular formula is C13H21NO5. The second kappa shape index (κ2) is 6.43. The van der Waals surface area contributed by atoms with Crippen molar-refractivity contribution < 1.29 is 25.5 Å². The number of terminal acetylenes is 1. The quantitative estimate of drug-likeness (QED) is 0.604. The number of ether oxygens (including phenoxy) is 2. The summed E-state index contributed by atoms with van der Waals surface area (Å²) in [6, 6.07) is 0. The molecule has 1 atom stereocenters. The fraction of sp³-hybridized carbons (Fsp3) is 0.692. The third-order valence-electron chi connectivity index (χ3n) is 2.16. The SMILES string of the molecule is [2H]CN(CCC(O)(C#C)C(=O)OC)C(=O)OC(C)(C)C. The minimum Gasteiger partial charge on any atom is -0.466 e. The zero-order chi connectivity index (χ0) is 16.0. The Morgan fingerprint density at radius 3 is 2.42 bits per heavy atom. The highest BCUT2D eigenvalue weighted by Gasteiger charge is 2.35. The molecule has 0 heterocycles. The Bertz CT molecular complexity index is 399. The summed E-state index contributed by atoms with van der Waals surface area (Å²) in [6.07, 6.45) is 4.15. The molecule has 1 N–H and O–H groups in total. The van der Waals surface area contributed by atoms with Crippen molar-refractivity contribution in [2.75, 3.05) is 20.7 Å². The summed E-state index contributed by atoms with van der Waals surface area (Å²) in [5.74, 6) is 0.959. The molecule has 0 aromatic rings. The molecule has 108 valence electrons. The van der Waals surface area contributed by atoms with Crippen LogP contribution >= 0.6 is 0 Å². The van der Waals surface area contributed by atoms with Gasteiger partial charge in [0.05, 0.1) is 7.11 Å². The molecule has 0 aliphatic carbocycles. The van der Waals surface area contributed by atoms with Crippen LogP contribution in [0.5, 0.6) is 0 Å². The molecule has 0 fully saturated rings. The molecule has 1 unspecified atom stereocenters. The molecule has 6 nitrogen and oxygen atoms in total. The van der Waals surface area contributed by atoms with E-state index in [2.05, 4.69) is 4.74 Å². The maximum absolute atomic E-state index is 11.8. The lowest BCUT2D eigenvalue weighted by atomic mass is 10.0. The molecule has 0 rings (SSSR count). The van der Waals surface area contributed by atoms with Gasteiger partial charge in [-0.1, -0.05) is 5.92 Å². The van der Waals surface area contributed by atoms with Crippen LogP contribution in [-0.2, 0) is 14.3 Å². The zero-order valence-corrected chi connectivity index (χ0v) is 11.7. The lowest BCUT2D eigenvalue weighted by Gasteiger charge is -2.26. The van der Waals surface area contributed by atoms with Crippen molar-refractivity contribution in [1.82, 2.24) is 4.90 Å². The summed E-state index contributed by atoms with van der Waals surface area (Å²) in [4.78, 5) is 24.2. The molecule has 0 saturated carbocycles. The number of carbonyl (C=O) groups excluding carboxylic acids is 2. The van der Waals surface area contributed by atoms with Gasteiger partial charge in [-0.25, -0.2) is 9.59 Å². The first-order chi connectivity index (χ1) is 9.09. The van der Waals surface area contributed by atoms with Gasteiger partial charge in [0.1, 0.15) is 5.60 Å². The van der Waals surface area contributed by atoms with E-state index in [1.807, 2.05) is 5.92 Å². The van der Waals surface area contributed by atoms with Gasteiger partial charge < -0.3 is 19.5 Å². The second-order valence-electron chi connectivity index (χ2n) is 4.99. The summed E-state index contributed by atoms with van der Waals surface area (Å²) in [5.41, 5.74) is -2.82. The van der Waals surface area contributed by atoms with Crippen LogP contribution in [0.4, 0.5) is 4.79 Å². The van der Waals surface area contributed by atoms with E-state index < -0.39 is 23.3 Å². The Morgan fingerprint density at radius 2 is 2.05 bits per heavy atom. The van der Waals surface area contributed by atoms with E-state index in [9.17, 15) is 14.7 Å². The molecule has 0 radical (unpaired) electrons. The third-order valence-corrected chi connectivity index (χ3v) is 2.16. The van der Waals surface area contributed by atoms with Crippen molar-refractivity contribution in [3.05, 3.63) is 0 Å². The summed E-state index contributed by atoms with van der Waals surface area (Å²) in [5, 5.41) is 9.90. The summed E-state index contributed by atoms with van der Waals surface area (Å²) in [7, 11) is 0.720. The molecule has 0 aromatic heterocycles. The molecule has 19 heavy (non-hydrogen) atoms. The average Bonchev–Trinajstić information content (AvgIpc) is 2.35. The van der Waals surface area contributed by atoms with Crippen LogP contribution in [-0.4, -0.2) is 53.9 Å². The number of hydrogen-bond acceptors (Lipinski definition) is 5.